The Hall–Kier alpha value is -2.08. The van der Waals surface area contributed by atoms with E-state index in [1.54, 1.807) is 11.6 Å². The largest absolute Gasteiger partial charge is 0.273 e. The molecule has 0 aliphatic carbocycles. The van der Waals surface area contributed by atoms with E-state index < -0.39 is 0 Å². The zero-order valence-corrected chi connectivity index (χ0v) is 10.9. The highest BCUT2D eigenvalue weighted by Crippen LogP contribution is 2.20. The summed E-state index contributed by atoms with van der Waals surface area (Å²) >= 11 is 1.34. The van der Waals surface area contributed by atoms with Gasteiger partial charge >= 0.3 is 0 Å². The van der Waals surface area contributed by atoms with Gasteiger partial charge in [-0.05, 0) is 19.1 Å². The van der Waals surface area contributed by atoms with Crippen molar-refractivity contribution in [2.75, 3.05) is 5.01 Å². The molecule has 0 spiro atoms. The van der Waals surface area contributed by atoms with Crippen molar-refractivity contribution < 1.29 is 4.79 Å². The lowest BCUT2D eigenvalue weighted by Crippen LogP contribution is -2.21. The van der Waals surface area contributed by atoms with Crippen LogP contribution in [-0.4, -0.2) is 10.9 Å². The number of hydrogen-bond acceptors (Lipinski definition) is 5. The molecular weight excluding hydrogens is 248 g/mol. The zero-order chi connectivity index (χ0) is 13.0. The minimum Gasteiger partial charge on any atom is -0.273 e. The van der Waals surface area contributed by atoms with E-state index >= 15 is 0 Å². The number of aryl methyl sites for hydroxylation is 1. The second kappa shape index (κ2) is 5.50. The van der Waals surface area contributed by atoms with E-state index in [4.69, 9.17) is 0 Å². The molecule has 0 aliphatic rings. The van der Waals surface area contributed by atoms with E-state index in [0.717, 1.165) is 5.56 Å². The summed E-state index contributed by atoms with van der Waals surface area (Å²) in [6.45, 7) is 3.42. The van der Waals surface area contributed by atoms with Crippen LogP contribution in [0.1, 0.15) is 12.5 Å². The van der Waals surface area contributed by atoms with E-state index in [1.807, 2.05) is 31.2 Å². The summed E-state index contributed by atoms with van der Waals surface area (Å²) in [5.41, 5.74) is 1.85. The first kappa shape index (κ1) is 12.4. The lowest BCUT2D eigenvalue weighted by Gasteiger charge is -2.08. The molecule has 2 rings (SSSR count). The highest BCUT2D eigenvalue weighted by molar-refractivity contribution is 7.13. The molecule has 0 unspecified atom stereocenters. The molecule has 6 heteroatoms. The summed E-state index contributed by atoms with van der Waals surface area (Å²) in [5.74, 6) is -0.221. The standard InChI is InChI=1S/C12H12N4OS/c1-9-3-5-11(6-4-9)14-15-16(10(2)17)12-13-7-8-18-12/h3-8H,1-2H3. The topological polar surface area (TPSA) is 57.9 Å². The normalized spacial score (nSPS) is 10.8. The fourth-order valence-corrected chi connectivity index (χ4v) is 1.89. The molecule has 92 valence electrons. The number of rotatable bonds is 3. The summed E-state index contributed by atoms with van der Waals surface area (Å²) in [4.78, 5) is 15.5. The average molecular weight is 260 g/mol. The third-order valence-electron chi connectivity index (χ3n) is 2.18. The Bertz CT molecular complexity index is 548. The first-order valence-electron chi connectivity index (χ1n) is 5.35. The van der Waals surface area contributed by atoms with Crippen molar-refractivity contribution in [3.63, 3.8) is 0 Å². The molecule has 5 nitrogen and oxygen atoms in total. The Morgan fingerprint density at radius 3 is 2.61 bits per heavy atom. The van der Waals surface area contributed by atoms with E-state index in [9.17, 15) is 4.79 Å². The van der Waals surface area contributed by atoms with E-state index in [1.165, 1.54) is 23.3 Å². The van der Waals surface area contributed by atoms with Crippen molar-refractivity contribution in [3.8, 4) is 0 Å². The third kappa shape index (κ3) is 2.98. The predicted octanol–water partition coefficient (Wildman–Crippen LogP) is 3.50. The van der Waals surface area contributed by atoms with Gasteiger partial charge in [-0.25, -0.2) is 4.98 Å². The molecule has 0 fully saturated rings. The predicted molar refractivity (Wildman–Crippen MR) is 71.0 cm³/mol. The number of amides is 1. The Balaban J connectivity index is 2.19. The molecule has 0 atom stereocenters. The molecule has 0 aliphatic heterocycles. The van der Waals surface area contributed by atoms with Crippen LogP contribution in [0.25, 0.3) is 0 Å². The summed E-state index contributed by atoms with van der Waals surface area (Å²) in [6, 6.07) is 7.57. The highest BCUT2D eigenvalue weighted by Gasteiger charge is 2.12. The van der Waals surface area contributed by atoms with Crippen molar-refractivity contribution in [1.29, 1.82) is 0 Å². The molecule has 1 aromatic heterocycles. The van der Waals surface area contributed by atoms with Crippen LogP contribution in [0.5, 0.6) is 0 Å². The number of anilines is 1. The molecule has 1 amide bonds. The fourth-order valence-electron chi connectivity index (χ4n) is 1.26. The Kier molecular flexibility index (Phi) is 3.78. The van der Waals surface area contributed by atoms with Crippen molar-refractivity contribution in [2.24, 2.45) is 10.3 Å². The van der Waals surface area contributed by atoms with Gasteiger partial charge in [-0.15, -0.1) is 16.5 Å². The molecule has 0 N–H and O–H groups in total. The van der Waals surface area contributed by atoms with Gasteiger partial charge in [0.05, 0.1) is 5.69 Å². The molecule has 0 bridgehead atoms. The van der Waals surface area contributed by atoms with Gasteiger partial charge in [0.1, 0.15) is 0 Å². The first-order chi connectivity index (χ1) is 8.66. The summed E-state index contributed by atoms with van der Waals surface area (Å²) in [6.07, 6.45) is 1.62. The molecular formula is C12H12N4OS. The Morgan fingerprint density at radius 1 is 1.33 bits per heavy atom. The monoisotopic (exact) mass is 260 g/mol. The molecule has 0 saturated heterocycles. The SMILES string of the molecule is CC(=O)N(N=Nc1ccc(C)cc1)c1nccs1. The number of aromatic nitrogens is 1. The summed E-state index contributed by atoms with van der Waals surface area (Å²) < 4.78 is 0. The number of hydrogen-bond donors (Lipinski definition) is 0. The number of benzene rings is 1. The lowest BCUT2D eigenvalue weighted by atomic mass is 10.2. The van der Waals surface area contributed by atoms with Crippen LogP contribution in [0.3, 0.4) is 0 Å². The first-order valence-corrected chi connectivity index (χ1v) is 6.23. The summed E-state index contributed by atoms with van der Waals surface area (Å²) in [7, 11) is 0. The van der Waals surface area contributed by atoms with Gasteiger partial charge in [0.15, 0.2) is 0 Å². The average Bonchev–Trinajstić information content (AvgIpc) is 2.85. The van der Waals surface area contributed by atoms with Crippen LogP contribution in [0.15, 0.2) is 46.2 Å². The van der Waals surface area contributed by atoms with Gasteiger partial charge in [-0.3, -0.25) is 4.79 Å². The number of carbonyl (C=O) groups excluding carboxylic acids is 1. The molecule has 1 aromatic carbocycles. The number of nitrogens with zero attached hydrogens (tertiary/aromatic N) is 4. The van der Waals surface area contributed by atoms with Crippen LogP contribution in [0.4, 0.5) is 10.8 Å². The van der Waals surface area contributed by atoms with Gasteiger partial charge < -0.3 is 0 Å². The smallest absolute Gasteiger partial charge is 0.247 e. The maximum atomic E-state index is 11.5. The quantitative estimate of drug-likeness (QED) is 0.626. The van der Waals surface area contributed by atoms with E-state index in [0.29, 0.717) is 10.8 Å². The van der Waals surface area contributed by atoms with E-state index in [-0.39, 0.29) is 5.91 Å². The zero-order valence-electron chi connectivity index (χ0n) is 10.1. The van der Waals surface area contributed by atoms with Crippen LogP contribution in [-0.2, 0) is 4.79 Å². The minimum absolute atomic E-state index is 0.221. The molecule has 1 heterocycles. The van der Waals surface area contributed by atoms with Crippen LogP contribution < -0.4 is 5.01 Å². The fraction of sp³-hybridized carbons (Fsp3) is 0.167. The van der Waals surface area contributed by atoms with E-state index in [2.05, 4.69) is 15.3 Å². The second-order valence-corrected chi connectivity index (χ2v) is 4.54. The highest BCUT2D eigenvalue weighted by atomic mass is 32.1. The maximum absolute atomic E-state index is 11.5. The van der Waals surface area contributed by atoms with Crippen molar-refractivity contribution in [2.45, 2.75) is 13.8 Å². The minimum atomic E-state index is -0.221. The Labute approximate surface area is 109 Å². The van der Waals surface area contributed by atoms with Crippen molar-refractivity contribution in [1.82, 2.24) is 4.98 Å². The molecule has 18 heavy (non-hydrogen) atoms. The lowest BCUT2D eigenvalue weighted by molar-refractivity contribution is -0.116. The van der Waals surface area contributed by atoms with Gasteiger partial charge in [0, 0.05) is 18.5 Å². The van der Waals surface area contributed by atoms with Crippen molar-refractivity contribution >= 4 is 28.1 Å². The van der Waals surface area contributed by atoms with Gasteiger partial charge in [0.25, 0.3) is 0 Å². The van der Waals surface area contributed by atoms with Crippen molar-refractivity contribution in [3.05, 3.63) is 41.4 Å². The van der Waals surface area contributed by atoms with Crippen LogP contribution >= 0.6 is 11.3 Å². The number of thiazole rings is 1. The van der Waals surface area contributed by atoms with Gasteiger partial charge in [-0.1, -0.05) is 22.9 Å². The molecule has 2 aromatic rings. The third-order valence-corrected chi connectivity index (χ3v) is 2.93. The van der Waals surface area contributed by atoms with Gasteiger partial charge in [-0.2, -0.15) is 5.01 Å². The van der Waals surface area contributed by atoms with Crippen LogP contribution in [0.2, 0.25) is 0 Å². The second-order valence-electron chi connectivity index (χ2n) is 3.67. The maximum Gasteiger partial charge on any atom is 0.247 e. The Morgan fingerprint density at radius 2 is 2.06 bits per heavy atom. The van der Waals surface area contributed by atoms with Crippen LogP contribution in [0, 0.1) is 6.92 Å². The molecule has 0 radical (unpaired) electrons. The van der Waals surface area contributed by atoms with Gasteiger partial charge in [0.2, 0.25) is 11.0 Å². The summed E-state index contributed by atoms with van der Waals surface area (Å²) in [5, 5.41) is 11.4. The molecule has 0 saturated carbocycles. The number of carbonyl (C=O) groups is 1.